The largest absolute Gasteiger partial charge is 0.481 e. The van der Waals surface area contributed by atoms with Crippen molar-refractivity contribution in [2.75, 3.05) is 13.1 Å². The summed E-state index contributed by atoms with van der Waals surface area (Å²) in [6, 6.07) is 9.45. The van der Waals surface area contributed by atoms with Crippen molar-refractivity contribution in [2.24, 2.45) is 0 Å². The van der Waals surface area contributed by atoms with Gasteiger partial charge in [0.1, 0.15) is 6.29 Å². The molecule has 106 valence electrons. The van der Waals surface area contributed by atoms with Gasteiger partial charge in [-0.2, -0.15) is 0 Å². The maximum atomic E-state index is 11.4. The highest BCUT2D eigenvalue weighted by Crippen LogP contribution is 2.24. The summed E-state index contributed by atoms with van der Waals surface area (Å²) >= 11 is 0. The van der Waals surface area contributed by atoms with Crippen LogP contribution in [0.25, 0.3) is 0 Å². The van der Waals surface area contributed by atoms with Crippen molar-refractivity contribution in [3.8, 4) is 0 Å². The molecule has 0 saturated heterocycles. The standard InChI is InChI=1S/C16H19NO3/c18-12-15(14-6-2-1-3-7-14)17-10-4-5-13(11-17)8-9-16(19)20/h1-3,5-7,12,15H,4,8-11H2,(H,19,20). The summed E-state index contributed by atoms with van der Waals surface area (Å²) in [5.41, 5.74) is 2.10. The molecule has 0 spiro atoms. The Hall–Kier alpha value is -1.94. The average Bonchev–Trinajstić information content (AvgIpc) is 2.47. The predicted octanol–water partition coefficient (Wildman–Crippen LogP) is 2.42. The van der Waals surface area contributed by atoms with Gasteiger partial charge in [-0.25, -0.2) is 0 Å². The third kappa shape index (κ3) is 3.78. The monoisotopic (exact) mass is 273 g/mol. The van der Waals surface area contributed by atoms with Crippen molar-refractivity contribution in [1.82, 2.24) is 4.90 Å². The lowest BCUT2D eigenvalue weighted by Gasteiger charge is -2.32. The number of aliphatic carboxylic acids is 1. The average molecular weight is 273 g/mol. The minimum atomic E-state index is -0.780. The molecule has 2 rings (SSSR count). The Labute approximate surface area is 118 Å². The number of carboxylic acid groups (broad SMARTS) is 1. The fourth-order valence-corrected chi connectivity index (χ4v) is 2.55. The summed E-state index contributed by atoms with van der Waals surface area (Å²) in [5.74, 6) is -0.780. The number of nitrogens with zero attached hydrogens (tertiary/aromatic N) is 1. The second-order valence-corrected chi connectivity index (χ2v) is 5.01. The van der Waals surface area contributed by atoms with Gasteiger partial charge in [0, 0.05) is 19.5 Å². The summed E-state index contributed by atoms with van der Waals surface area (Å²) < 4.78 is 0. The zero-order valence-electron chi connectivity index (χ0n) is 11.4. The molecule has 0 amide bonds. The molecule has 0 aromatic heterocycles. The van der Waals surface area contributed by atoms with Gasteiger partial charge >= 0.3 is 5.97 Å². The number of hydrogen-bond acceptors (Lipinski definition) is 3. The zero-order chi connectivity index (χ0) is 14.4. The van der Waals surface area contributed by atoms with Gasteiger partial charge in [0.25, 0.3) is 0 Å². The van der Waals surface area contributed by atoms with Crippen LogP contribution >= 0.6 is 0 Å². The minimum Gasteiger partial charge on any atom is -0.481 e. The summed E-state index contributed by atoms with van der Waals surface area (Å²) in [7, 11) is 0. The molecule has 0 aliphatic carbocycles. The van der Waals surface area contributed by atoms with Crippen LogP contribution in [0.3, 0.4) is 0 Å². The van der Waals surface area contributed by atoms with Gasteiger partial charge in [-0.1, -0.05) is 42.0 Å². The van der Waals surface area contributed by atoms with Crippen LogP contribution in [0.15, 0.2) is 42.0 Å². The van der Waals surface area contributed by atoms with Crippen LogP contribution in [0.1, 0.15) is 30.9 Å². The Balaban J connectivity index is 2.03. The second-order valence-electron chi connectivity index (χ2n) is 5.01. The lowest BCUT2D eigenvalue weighted by Crippen LogP contribution is -2.34. The van der Waals surface area contributed by atoms with E-state index >= 15 is 0 Å². The van der Waals surface area contributed by atoms with Crippen molar-refractivity contribution >= 4 is 12.3 Å². The highest BCUT2D eigenvalue weighted by Gasteiger charge is 2.22. The van der Waals surface area contributed by atoms with E-state index < -0.39 is 5.97 Å². The van der Waals surface area contributed by atoms with Crippen LogP contribution in [0, 0.1) is 0 Å². The molecule has 4 heteroatoms. The van der Waals surface area contributed by atoms with Crippen LogP contribution in [-0.4, -0.2) is 35.4 Å². The molecule has 1 aliphatic heterocycles. The van der Waals surface area contributed by atoms with Crippen LogP contribution in [0.2, 0.25) is 0 Å². The van der Waals surface area contributed by atoms with E-state index in [4.69, 9.17) is 5.11 Å². The van der Waals surface area contributed by atoms with Gasteiger partial charge in [0.05, 0.1) is 6.04 Å². The number of aldehydes is 1. The van der Waals surface area contributed by atoms with Gasteiger partial charge in [0.15, 0.2) is 0 Å². The maximum absolute atomic E-state index is 11.4. The lowest BCUT2D eigenvalue weighted by molar-refractivity contribution is -0.137. The second kappa shape index (κ2) is 7.01. The molecule has 4 nitrogen and oxygen atoms in total. The van der Waals surface area contributed by atoms with E-state index in [0.29, 0.717) is 13.0 Å². The zero-order valence-corrected chi connectivity index (χ0v) is 11.4. The molecule has 0 bridgehead atoms. The smallest absolute Gasteiger partial charge is 0.303 e. The number of carbonyl (C=O) groups excluding carboxylic acids is 1. The molecular formula is C16H19NO3. The molecule has 1 N–H and O–H groups in total. The van der Waals surface area contributed by atoms with Crippen molar-refractivity contribution < 1.29 is 14.7 Å². The van der Waals surface area contributed by atoms with Crippen LogP contribution in [0.4, 0.5) is 0 Å². The topological polar surface area (TPSA) is 57.6 Å². The molecule has 0 radical (unpaired) electrons. The molecule has 1 aromatic rings. The van der Waals surface area contributed by atoms with Gasteiger partial charge < -0.3 is 9.90 Å². The van der Waals surface area contributed by atoms with Crippen molar-refractivity contribution in [2.45, 2.75) is 25.3 Å². The molecule has 0 saturated carbocycles. The Morgan fingerprint density at radius 1 is 1.35 bits per heavy atom. The van der Waals surface area contributed by atoms with E-state index in [1.807, 2.05) is 30.3 Å². The number of carboxylic acids is 1. The first-order valence-electron chi connectivity index (χ1n) is 6.84. The third-order valence-corrected chi connectivity index (χ3v) is 3.58. The van der Waals surface area contributed by atoms with E-state index in [0.717, 1.165) is 30.4 Å². The van der Waals surface area contributed by atoms with Crippen LogP contribution in [0.5, 0.6) is 0 Å². The molecule has 0 fully saturated rings. The molecule has 1 aliphatic rings. The number of carbonyl (C=O) groups is 2. The summed E-state index contributed by atoms with van der Waals surface area (Å²) in [6.45, 7) is 1.50. The normalized spacial score (nSPS) is 17.3. The van der Waals surface area contributed by atoms with Gasteiger partial charge in [0.2, 0.25) is 0 Å². The van der Waals surface area contributed by atoms with E-state index in [9.17, 15) is 9.59 Å². The quantitative estimate of drug-likeness (QED) is 0.639. The fourth-order valence-electron chi connectivity index (χ4n) is 2.55. The van der Waals surface area contributed by atoms with Crippen molar-refractivity contribution in [3.05, 3.63) is 47.5 Å². The van der Waals surface area contributed by atoms with E-state index in [1.165, 1.54) is 0 Å². The fraction of sp³-hybridized carbons (Fsp3) is 0.375. The Morgan fingerprint density at radius 2 is 2.10 bits per heavy atom. The number of rotatable bonds is 6. The van der Waals surface area contributed by atoms with Crippen LogP contribution < -0.4 is 0 Å². The summed E-state index contributed by atoms with van der Waals surface area (Å²) in [5, 5.41) is 8.75. The SMILES string of the molecule is O=CC(c1ccccc1)N1CCC=C(CCC(=O)O)C1. The molecule has 1 atom stereocenters. The molecule has 1 unspecified atom stereocenters. The minimum absolute atomic E-state index is 0.150. The van der Waals surface area contributed by atoms with Gasteiger partial charge in [-0.3, -0.25) is 9.69 Å². The van der Waals surface area contributed by atoms with E-state index in [-0.39, 0.29) is 12.5 Å². The van der Waals surface area contributed by atoms with E-state index in [2.05, 4.69) is 11.0 Å². The number of hydrogen-bond donors (Lipinski definition) is 1. The van der Waals surface area contributed by atoms with Gasteiger partial charge in [-0.15, -0.1) is 0 Å². The highest BCUT2D eigenvalue weighted by molar-refractivity contribution is 5.67. The molecular weight excluding hydrogens is 254 g/mol. The first-order chi connectivity index (χ1) is 9.70. The van der Waals surface area contributed by atoms with E-state index in [1.54, 1.807) is 0 Å². The predicted molar refractivity (Wildman–Crippen MR) is 76.4 cm³/mol. The highest BCUT2D eigenvalue weighted by atomic mass is 16.4. The van der Waals surface area contributed by atoms with Crippen LogP contribution in [-0.2, 0) is 9.59 Å². The first kappa shape index (κ1) is 14.5. The maximum Gasteiger partial charge on any atom is 0.303 e. The van der Waals surface area contributed by atoms with Crippen molar-refractivity contribution in [3.63, 3.8) is 0 Å². The summed E-state index contributed by atoms with van der Waals surface area (Å²) in [4.78, 5) is 24.2. The Kier molecular flexibility index (Phi) is 5.07. The first-order valence-corrected chi connectivity index (χ1v) is 6.84. The Bertz CT molecular complexity index is 496. The molecule has 1 heterocycles. The Morgan fingerprint density at radius 3 is 2.75 bits per heavy atom. The summed E-state index contributed by atoms with van der Waals surface area (Å²) in [6.07, 6.45) is 4.65. The van der Waals surface area contributed by atoms with Gasteiger partial charge in [-0.05, 0) is 18.4 Å². The molecule has 20 heavy (non-hydrogen) atoms. The third-order valence-electron chi connectivity index (χ3n) is 3.58. The van der Waals surface area contributed by atoms with Crippen molar-refractivity contribution in [1.29, 1.82) is 0 Å². The molecule has 1 aromatic carbocycles. The lowest BCUT2D eigenvalue weighted by atomic mass is 10.00. The number of benzene rings is 1.